The van der Waals surface area contributed by atoms with Gasteiger partial charge in [-0.25, -0.2) is 9.67 Å². The Morgan fingerprint density at radius 3 is 2.60 bits per heavy atom. The lowest BCUT2D eigenvalue weighted by Gasteiger charge is -2.17. The van der Waals surface area contributed by atoms with Crippen LogP contribution in [0, 0.1) is 0 Å². The van der Waals surface area contributed by atoms with Crippen molar-refractivity contribution in [3.8, 4) is 0 Å². The van der Waals surface area contributed by atoms with Gasteiger partial charge in [-0.1, -0.05) is 30.3 Å². The zero-order valence-electron chi connectivity index (χ0n) is 12.6. The zero-order chi connectivity index (χ0) is 14.4. The van der Waals surface area contributed by atoms with Crippen molar-refractivity contribution in [3.63, 3.8) is 0 Å². The first-order valence-corrected chi connectivity index (χ1v) is 7.30. The maximum absolute atomic E-state index is 4.39. The van der Waals surface area contributed by atoms with E-state index in [1.165, 1.54) is 5.56 Å². The van der Waals surface area contributed by atoms with Gasteiger partial charge in [0, 0.05) is 18.5 Å². The first kappa shape index (κ1) is 14.7. The molecule has 108 valence electrons. The third kappa shape index (κ3) is 3.90. The molecule has 1 N–H and O–H groups in total. The minimum atomic E-state index is 0.360. The van der Waals surface area contributed by atoms with E-state index in [1.54, 1.807) is 6.33 Å². The average molecular weight is 272 g/mol. The highest BCUT2D eigenvalue weighted by atomic mass is 15.3. The van der Waals surface area contributed by atoms with Crippen LogP contribution in [0.3, 0.4) is 0 Å². The molecule has 0 radical (unpaired) electrons. The topological polar surface area (TPSA) is 42.7 Å². The minimum absolute atomic E-state index is 0.360. The Balaban J connectivity index is 1.93. The quantitative estimate of drug-likeness (QED) is 0.842. The molecule has 1 aromatic heterocycles. The molecular weight excluding hydrogens is 248 g/mol. The van der Waals surface area contributed by atoms with Gasteiger partial charge >= 0.3 is 0 Å². The summed E-state index contributed by atoms with van der Waals surface area (Å²) in [5.74, 6) is 1.06. The lowest BCUT2D eigenvalue weighted by atomic mass is 10.0. The Hall–Kier alpha value is -1.68. The molecule has 0 spiro atoms. The molecule has 0 bridgehead atoms. The average Bonchev–Trinajstić information content (AvgIpc) is 2.93. The van der Waals surface area contributed by atoms with Crippen molar-refractivity contribution < 1.29 is 0 Å². The molecule has 1 atom stereocenters. The van der Waals surface area contributed by atoms with Gasteiger partial charge in [0.05, 0.1) is 0 Å². The van der Waals surface area contributed by atoms with Crippen LogP contribution >= 0.6 is 0 Å². The van der Waals surface area contributed by atoms with Gasteiger partial charge in [0.2, 0.25) is 0 Å². The normalized spacial score (nSPS) is 12.8. The van der Waals surface area contributed by atoms with Gasteiger partial charge < -0.3 is 5.32 Å². The van der Waals surface area contributed by atoms with Gasteiger partial charge in [-0.2, -0.15) is 5.10 Å². The molecule has 0 saturated heterocycles. The first-order chi connectivity index (χ1) is 9.70. The Labute approximate surface area is 121 Å². The summed E-state index contributed by atoms with van der Waals surface area (Å²) in [6.07, 6.45) is 4.76. The van der Waals surface area contributed by atoms with Gasteiger partial charge in [-0.3, -0.25) is 0 Å². The second kappa shape index (κ2) is 7.20. The predicted octanol–water partition coefficient (Wildman–Crippen LogP) is 2.62. The largest absolute Gasteiger partial charge is 0.317 e. The standard InChI is InChI=1S/C16H24N4/c1-13(2)20-16(18-12-19-20)11-15(17-3)10-9-14-7-5-4-6-8-14/h4-8,12-13,15,17H,9-11H2,1-3H3. The molecular formula is C16H24N4. The molecule has 0 saturated carbocycles. The molecule has 4 heteroatoms. The first-order valence-electron chi connectivity index (χ1n) is 7.30. The molecule has 0 aliphatic rings. The van der Waals surface area contributed by atoms with E-state index in [0.29, 0.717) is 12.1 Å². The number of hydrogen-bond acceptors (Lipinski definition) is 3. The molecule has 20 heavy (non-hydrogen) atoms. The smallest absolute Gasteiger partial charge is 0.138 e. The van der Waals surface area contributed by atoms with E-state index in [2.05, 4.69) is 59.6 Å². The summed E-state index contributed by atoms with van der Waals surface area (Å²) in [7, 11) is 2.02. The summed E-state index contributed by atoms with van der Waals surface area (Å²) in [6, 6.07) is 11.4. The second-order valence-corrected chi connectivity index (χ2v) is 5.43. The third-order valence-corrected chi connectivity index (χ3v) is 3.60. The Morgan fingerprint density at radius 2 is 1.95 bits per heavy atom. The molecule has 2 aromatic rings. The minimum Gasteiger partial charge on any atom is -0.317 e. The number of nitrogens with one attached hydrogen (secondary N) is 1. The zero-order valence-corrected chi connectivity index (χ0v) is 12.6. The van der Waals surface area contributed by atoms with E-state index in [-0.39, 0.29) is 0 Å². The maximum Gasteiger partial charge on any atom is 0.138 e. The molecule has 0 aliphatic heterocycles. The van der Waals surface area contributed by atoms with Crippen molar-refractivity contribution in [2.24, 2.45) is 0 Å². The third-order valence-electron chi connectivity index (χ3n) is 3.60. The molecule has 1 heterocycles. The second-order valence-electron chi connectivity index (χ2n) is 5.43. The highest BCUT2D eigenvalue weighted by Gasteiger charge is 2.13. The Kier molecular flexibility index (Phi) is 5.30. The number of rotatable bonds is 7. The van der Waals surface area contributed by atoms with Crippen LogP contribution in [-0.2, 0) is 12.8 Å². The van der Waals surface area contributed by atoms with Crippen LogP contribution in [0.1, 0.15) is 37.7 Å². The van der Waals surface area contributed by atoms with Crippen LogP contribution in [0.5, 0.6) is 0 Å². The monoisotopic (exact) mass is 272 g/mol. The van der Waals surface area contributed by atoms with Gasteiger partial charge in [0.25, 0.3) is 0 Å². The number of nitrogens with zero attached hydrogens (tertiary/aromatic N) is 3. The number of aromatic nitrogens is 3. The highest BCUT2D eigenvalue weighted by molar-refractivity contribution is 5.14. The number of hydrogen-bond donors (Lipinski definition) is 1. The molecule has 2 rings (SSSR count). The molecule has 4 nitrogen and oxygen atoms in total. The summed E-state index contributed by atoms with van der Waals surface area (Å²) >= 11 is 0. The van der Waals surface area contributed by atoms with E-state index >= 15 is 0 Å². The molecule has 0 aliphatic carbocycles. The Bertz CT molecular complexity index is 504. The molecule has 0 fully saturated rings. The lowest BCUT2D eigenvalue weighted by molar-refractivity contribution is 0.458. The Morgan fingerprint density at radius 1 is 1.20 bits per heavy atom. The lowest BCUT2D eigenvalue weighted by Crippen LogP contribution is -2.29. The molecule has 1 aromatic carbocycles. The van der Waals surface area contributed by atoms with Crippen LogP contribution in [0.15, 0.2) is 36.7 Å². The van der Waals surface area contributed by atoms with Crippen molar-refractivity contribution in [2.45, 2.75) is 45.2 Å². The van der Waals surface area contributed by atoms with Crippen molar-refractivity contribution in [2.75, 3.05) is 7.05 Å². The van der Waals surface area contributed by atoms with Crippen LogP contribution in [0.25, 0.3) is 0 Å². The SMILES string of the molecule is CNC(CCc1ccccc1)Cc1ncnn1C(C)C. The van der Waals surface area contributed by atoms with E-state index in [9.17, 15) is 0 Å². The van der Waals surface area contributed by atoms with Crippen molar-refractivity contribution in [3.05, 3.63) is 48.0 Å². The fourth-order valence-electron chi connectivity index (χ4n) is 2.41. The van der Waals surface area contributed by atoms with Gasteiger partial charge in [-0.15, -0.1) is 0 Å². The van der Waals surface area contributed by atoms with Crippen molar-refractivity contribution in [1.82, 2.24) is 20.1 Å². The van der Waals surface area contributed by atoms with Crippen LogP contribution in [-0.4, -0.2) is 27.9 Å². The molecule has 1 unspecified atom stereocenters. The summed E-state index contributed by atoms with van der Waals surface area (Å²) in [6.45, 7) is 4.27. The summed E-state index contributed by atoms with van der Waals surface area (Å²) in [5, 5.41) is 7.69. The maximum atomic E-state index is 4.39. The predicted molar refractivity (Wildman–Crippen MR) is 81.7 cm³/mol. The van der Waals surface area contributed by atoms with Crippen molar-refractivity contribution >= 4 is 0 Å². The fraction of sp³-hybridized carbons (Fsp3) is 0.500. The van der Waals surface area contributed by atoms with Crippen LogP contribution < -0.4 is 5.32 Å². The molecule has 0 amide bonds. The summed E-state index contributed by atoms with van der Waals surface area (Å²) in [5.41, 5.74) is 1.39. The van der Waals surface area contributed by atoms with E-state index in [0.717, 1.165) is 25.1 Å². The van der Waals surface area contributed by atoms with E-state index in [4.69, 9.17) is 0 Å². The van der Waals surface area contributed by atoms with Crippen LogP contribution in [0.4, 0.5) is 0 Å². The number of benzene rings is 1. The van der Waals surface area contributed by atoms with E-state index in [1.807, 2.05) is 11.7 Å². The summed E-state index contributed by atoms with van der Waals surface area (Å²) in [4.78, 5) is 4.39. The van der Waals surface area contributed by atoms with Gasteiger partial charge in [0.15, 0.2) is 0 Å². The number of aryl methyl sites for hydroxylation is 1. The van der Waals surface area contributed by atoms with Gasteiger partial charge in [-0.05, 0) is 39.3 Å². The fourth-order valence-corrected chi connectivity index (χ4v) is 2.41. The number of likely N-dealkylation sites (N-methyl/N-ethyl adjacent to an activating group) is 1. The van der Waals surface area contributed by atoms with Crippen LogP contribution in [0.2, 0.25) is 0 Å². The van der Waals surface area contributed by atoms with Gasteiger partial charge in [0.1, 0.15) is 12.2 Å². The summed E-state index contributed by atoms with van der Waals surface area (Å²) < 4.78 is 2.01. The highest BCUT2D eigenvalue weighted by Crippen LogP contribution is 2.11. The van der Waals surface area contributed by atoms with E-state index < -0.39 is 0 Å². The van der Waals surface area contributed by atoms with Crippen molar-refractivity contribution in [1.29, 1.82) is 0 Å².